The third-order valence-corrected chi connectivity index (χ3v) is 4.58. The fourth-order valence-corrected chi connectivity index (χ4v) is 3.24. The Morgan fingerprint density at radius 2 is 2.07 bits per heavy atom. The van der Waals surface area contributed by atoms with E-state index in [0.29, 0.717) is 24.4 Å². The van der Waals surface area contributed by atoms with E-state index in [1.54, 1.807) is 13.3 Å². The summed E-state index contributed by atoms with van der Waals surface area (Å²) in [6, 6.07) is 4.37. The van der Waals surface area contributed by atoms with Crippen molar-refractivity contribution in [2.75, 3.05) is 46.5 Å². The first-order valence-electron chi connectivity index (χ1n) is 9.95. The summed E-state index contributed by atoms with van der Waals surface area (Å²) in [6.45, 7) is 12.6. The highest BCUT2D eigenvalue weighted by atomic mass is 127. The lowest BCUT2D eigenvalue weighted by Gasteiger charge is -2.35. The third kappa shape index (κ3) is 8.91. The van der Waals surface area contributed by atoms with Crippen LogP contribution in [0.2, 0.25) is 0 Å². The molecule has 1 aliphatic heterocycles. The molecule has 1 fully saturated rings. The van der Waals surface area contributed by atoms with Gasteiger partial charge in [0.2, 0.25) is 5.88 Å². The van der Waals surface area contributed by atoms with Crippen molar-refractivity contribution in [1.82, 2.24) is 20.5 Å². The number of hydrogen-bond acceptors (Lipinski definition) is 5. The highest BCUT2D eigenvalue weighted by Crippen LogP contribution is 2.13. The molecule has 0 bridgehead atoms. The predicted octanol–water partition coefficient (Wildman–Crippen LogP) is 2.51. The van der Waals surface area contributed by atoms with Crippen LogP contribution in [0.5, 0.6) is 5.88 Å². The summed E-state index contributed by atoms with van der Waals surface area (Å²) in [4.78, 5) is 11.4. The lowest BCUT2D eigenvalue weighted by Crippen LogP contribution is -2.51. The van der Waals surface area contributed by atoms with Gasteiger partial charge >= 0.3 is 0 Å². The van der Waals surface area contributed by atoms with Crippen molar-refractivity contribution in [3.8, 4) is 5.88 Å². The molecule has 0 radical (unpaired) electrons. The molecular weight excluding hydrogens is 469 g/mol. The monoisotopic (exact) mass is 505 g/mol. The fraction of sp³-hybridized carbons (Fsp3) is 0.700. The Labute approximate surface area is 186 Å². The van der Waals surface area contributed by atoms with Crippen LogP contribution in [0.25, 0.3) is 0 Å². The Hall–Kier alpha value is -1.13. The van der Waals surface area contributed by atoms with Crippen molar-refractivity contribution < 1.29 is 9.47 Å². The molecule has 0 aromatic carbocycles. The summed E-state index contributed by atoms with van der Waals surface area (Å²) >= 11 is 0. The summed E-state index contributed by atoms with van der Waals surface area (Å²) in [5, 5.41) is 6.87. The van der Waals surface area contributed by atoms with Crippen LogP contribution in [0, 0.1) is 5.92 Å². The first kappa shape index (κ1) is 24.9. The average Bonchev–Trinajstić information content (AvgIpc) is 2.69. The van der Waals surface area contributed by atoms with Crippen LogP contribution >= 0.6 is 24.0 Å². The minimum Gasteiger partial charge on any atom is -0.481 e. The van der Waals surface area contributed by atoms with Crippen LogP contribution in [0.3, 0.4) is 0 Å². The molecule has 2 N–H and O–H groups in total. The lowest BCUT2D eigenvalue weighted by molar-refractivity contribution is 0.0132. The predicted molar refractivity (Wildman–Crippen MR) is 125 cm³/mol. The standard InChI is InChI=1S/C20H35N5O2.HI/c1-5-21-20(23-14-17-6-7-22-19(13-17)26-4)24-15-18(12-16(2)3)25-8-10-27-11-9-25;/h6-7,13,16,18H,5,8-12,14-15H2,1-4H3,(H2,21,23,24);1H. The van der Waals surface area contributed by atoms with Crippen LogP contribution in [-0.2, 0) is 11.3 Å². The number of aromatic nitrogens is 1. The van der Waals surface area contributed by atoms with E-state index < -0.39 is 0 Å². The van der Waals surface area contributed by atoms with E-state index in [-0.39, 0.29) is 24.0 Å². The smallest absolute Gasteiger partial charge is 0.213 e. The number of rotatable bonds is 9. The maximum absolute atomic E-state index is 5.51. The van der Waals surface area contributed by atoms with Crippen LogP contribution in [0.4, 0.5) is 0 Å². The summed E-state index contributed by atoms with van der Waals surface area (Å²) in [7, 11) is 1.63. The Balaban J connectivity index is 0.00000392. The molecule has 0 aliphatic carbocycles. The highest BCUT2D eigenvalue weighted by Gasteiger charge is 2.22. The van der Waals surface area contributed by atoms with Gasteiger partial charge in [-0.3, -0.25) is 4.90 Å². The molecule has 1 atom stereocenters. The maximum Gasteiger partial charge on any atom is 0.213 e. The van der Waals surface area contributed by atoms with Gasteiger partial charge in [0.15, 0.2) is 5.96 Å². The first-order chi connectivity index (χ1) is 13.1. The largest absolute Gasteiger partial charge is 0.481 e. The van der Waals surface area contributed by atoms with Crippen LogP contribution in [-0.4, -0.2) is 68.4 Å². The molecule has 0 spiro atoms. The number of methoxy groups -OCH3 is 1. The van der Waals surface area contributed by atoms with Gasteiger partial charge in [-0.05, 0) is 30.9 Å². The summed E-state index contributed by atoms with van der Waals surface area (Å²) in [5.74, 6) is 2.11. The Bertz CT molecular complexity index is 579. The van der Waals surface area contributed by atoms with Crippen LogP contribution < -0.4 is 15.4 Å². The van der Waals surface area contributed by atoms with E-state index in [1.807, 2.05) is 12.1 Å². The molecule has 160 valence electrons. The van der Waals surface area contributed by atoms with Gasteiger partial charge in [-0.1, -0.05) is 13.8 Å². The molecule has 0 saturated carbocycles. The second-order valence-corrected chi connectivity index (χ2v) is 7.21. The molecule has 0 amide bonds. The van der Waals surface area contributed by atoms with E-state index in [9.17, 15) is 0 Å². The molecule has 1 aliphatic rings. The number of nitrogens with zero attached hydrogens (tertiary/aromatic N) is 3. The zero-order valence-electron chi connectivity index (χ0n) is 17.6. The minimum absolute atomic E-state index is 0. The fourth-order valence-electron chi connectivity index (χ4n) is 3.24. The average molecular weight is 505 g/mol. The molecule has 1 saturated heterocycles. The second kappa shape index (κ2) is 13.9. The van der Waals surface area contributed by atoms with Crippen LogP contribution in [0.1, 0.15) is 32.8 Å². The van der Waals surface area contributed by atoms with E-state index in [0.717, 1.165) is 57.3 Å². The number of morpholine rings is 1. The SMILES string of the molecule is CCNC(=NCc1ccnc(OC)c1)NCC(CC(C)C)N1CCOCC1.I. The molecule has 1 aromatic rings. The number of aliphatic imine (C=N–C) groups is 1. The number of hydrogen-bond donors (Lipinski definition) is 2. The Kier molecular flexibility index (Phi) is 12.4. The summed E-state index contributed by atoms with van der Waals surface area (Å²) < 4.78 is 10.7. The lowest BCUT2D eigenvalue weighted by atomic mass is 10.0. The van der Waals surface area contributed by atoms with Gasteiger partial charge in [-0.25, -0.2) is 9.98 Å². The number of pyridine rings is 1. The molecule has 2 rings (SSSR count). The van der Waals surface area contributed by atoms with Crippen molar-refractivity contribution in [2.45, 2.75) is 39.8 Å². The molecule has 8 heteroatoms. The second-order valence-electron chi connectivity index (χ2n) is 7.21. The number of guanidine groups is 1. The molecule has 7 nitrogen and oxygen atoms in total. The molecule has 28 heavy (non-hydrogen) atoms. The van der Waals surface area contributed by atoms with E-state index in [1.165, 1.54) is 0 Å². The van der Waals surface area contributed by atoms with E-state index in [4.69, 9.17) is 14.5 Å². The van der Waals surface area contributed by atoms with Crippen molar-refractivity contribution in [1.29, 1.82) is 0 Å². The normalized spacial score (nSPS) is 16.4. The Morgan fingerprint density at radius 3 is 2.71 bits per heavy atom. The number of ether oxygens (including phenoxy) is 2. The first-order valence-corrected chi connectivity index (χ1v) is 9.95. The zero-order chi connectivity index (χ0) is 19.5. The van der Waals surface area contributed by atoms with Gasteiger partial charge in [0, 0.05) is 44.5 Å². The van der Waals surface area contributed by atoms with Crippen molar-refractivity contribution in [2.24, 2.45) is 10.9 Å². The topological polar surface area (TPSA) is 71.0 Å². The highest BCUT2D eigenvalue weighted by molar-refractivity contribution is 14.0. The van der Waals surface area contributed by atoms with Gasteiger partial charge in [0.1, 0.15) is 0 Å². The molecular formula is C20H36IN5O2. The Morgan fingerprint density at radius 1 is 1.32 bits per heavy atom. The van der Waals surface area contributed by atoms with Gasteiger partial charge in [-0.15, -0.1) is 24.0 Å². The van der Waals surface area contributed by atoms with Crippen molar-refractivity contribution in [3.63, 3.8) is 0 Å². The van der Waals surface area contributed by atoms with Crippen molar-refractivity contribution >= 4 is 29.9 Å². The van der Waals surface area contributed by atoms with Gasteiger partial charge < -0.3 is 20.1 Å². The van der Waals surface area contributed by atoms with Gasteiger partial charge in [-0.2, -0.15) is 0 Å². The third-order valence-electron chi connectivity index (χ3n) is 4.58. The van der Waals surface area contributed by atoms with Gasteiger partial charge in [0.05, 0.1) is 26.9 Å². The minimum atomic E-state index is 0. The zero-order valence-corrected chi connectivity index (χ0v) is 19.9. The summed E-state index contributed by atoms with van der Waals surface area (Å²) in [6.07, 6.45) is 2.91. The quantitative estimate of drug-likeness (QED) is 0.306. The molecule has 1 aromatic heterocycles. The van der Waals surface area contributed by atoms with E-state index in [2.05, 4.69) is 41.3 Å². The molecule has 1 unspecified atom stereocenters. The number of nitrogens with one attached hydrogen (secondary N) is 2. The number of halogens is 1. The van der Waals surface area contributed by atoms with E-state index >= 15 is 0 Å². The van der Waals surface area contributed by atoms with Gasteiger partial charge in [0.25, 0.3) is 0 Å². The summed E-state index contributed by atoms with van der Waals surface area (Å²) in [5.41, 5.74) is 1.07. The van der Waals surface area contributed by atoms with Crippen LogP contribution in [0.15, 0.2) is 23.3 Å². The maximum atomic E-state index is 5.51. The van der Waals surface area contributed by atoms with Crippen molar-refractivity contribution in [3.05, 3.63) is 23.9 Å². The molecule has 2 heterocycles.